The third kappa shape index (κ3) is 4.55. The number of anilines is 2. The van der Waals surface area contributed by atoms with E-state index < -0.39 is 6.09 Å². The Bertz CT molecular complexity index is 1090. The van der Waals surface area contributed by atoms with Gasteiger partial charge in [-0.05, 0) is 42.8 Å². The Labute approximate surface area is 186 Å². The van der Waals surface area contributed by atoms with Crippen molar-refractivity contribution in [2.75, 3.05) is 56.3 Å². The van der Waals surface area contributed by atoms with Crippen LogP contribution in [0.4, 0.5) is 16.2 Å². The van der Waals surface area contributed by atoms with Crippen LogP contribution in [0.15, 0.2) is 54.7 Å². The summed E-state index contributed by atoms with van der Waals surface area (Å²) in [5.41, 5.74) is 2.90. The largest absolute Gasteiger partial charge is 0.454 e. The number of benzene rings is 2. The van der Waals surface area contributed by atoms with Gasteiger partial charge in [0.1, 0.15) is 0 Å². The van der Waals surface area contributed by atoms with E-state index >= 15 is 0 Å². The first-order valence-corrected chi connectivity index (χ1v) is 10.9. The molecule has 1 N–H and O–H groups in total. The van der Waals surface area contributed by atoms with E-state index in [4.69, 9.17) is 14.2 Å². The molecule has 0 atom stereocenters. The molecule has 0 unspecified atom stereocenters. The van der Waals surface area contributed by atoms with Crippen molar-refractivity contribution in [2.24, 2.45) is 0 Å². The van der Waals surface area contributed by atoms with Crippen LogP contribution < -0.4 is 19.7 Å². The minimum Gasteiger partial charge on any atom is -0.454 e. The number of hydrogen-bond donors (Lipinski definition) is 1. The van der Waals surface area contributed by atoms with Crippen LogP contribution >= 0.6 is 0 Å². The fraction of sp³-hybridized carbons (Fsp3) is 0.333. The summed E-state index contributed by atoms with van der Waals surface area (Å²) in [6.07, 6.45) is 2.17. The molecule has 3 aromatic rings. The lowest BCUT2D eigenvalue weighted by Crippen LogP contribution is -2.46. The first-order chi connectivity index (χ1) is 15.8. The normalized spacial score (nSPS) is 15.7. The molecule has 2 aromatic carbocycles. The van der Waals surface area contributed by atoms with Crippen LogP contribution in [0.5, 0.6) is 11.5 Å². The maximum absolute atomic E-state index is 12.0. The van der Waals surface area contributed by atoms with Crippen molar-refractivity contribution < 1.29 is 19.0 Å². The first-order valence-electron chi connectivity index (χ1n) is 10.9. The molecule has 0 aliphatic carbocycles. The number of pyridine rings is 1. The Balaban J connectivity index is 1.03. The molecular formula is C24H26N4O4. The first kappa shape index (κ1) is 20.4. The average Bonchev–Trinajstić information content (AvgIpc) is 3.30. The molecule has 8 nitrogen and oxygen atoms in total. The van der Waals surface area contributed by atoms with Crippen molar-refractivity contribution in [3.05, 3.63) is 54.7 Å². The molecule has 0 bridgehead atoms. The summed E-state index contributed by atoms with van der Waals surface area (Å²) in [5.74, 6) is 1.31. The van der Waals surface area contributed by atoms with E-state index in [2.05, 4.69) is 44.4 Å². The Morgan fingerprint density at radius 1 is 1.03 bits per heavy atom. The highest BCUT2D eigenvalue weighted by molar-refractivity contribution is 5.91. The Hall–Kier alpha value is -3.52. The quantitative estimate of drug-likeness (QED) is 0.593. The lowest BCUT2D eigenvalue weighted by Gasteiger charge is -2.36. The number of rotatable bonds is 6. The van der Waals surface area contributed by atoms with Crippen LogP contribution in [-0.2, 0) is 4.74 Å². The molecule has 1 aromatic heterocycles. The summed E-state index contributed by atoms with van der Waals surface area (Å²) in [4.78, 5) is 21.3. The van der Waals surface area contributed by atoms with Gasteiger partial charge >= 0.3 is 6.09 Å². The second-order valence-corrected chi connectivity index (χ2v) is 7.86. The van der Waals surface area contributed by atoms with E-state index in [1.165, 1.54) is 11.1 Å². The van der Waals surface area contributed by atoms with Gasteiger partial charge in [-0.25, -0.2) is 4.79 Å². The number of carbonyl (C=O) groups is 1. The Morgan fingerprint density at radius 2 is 1.91 bits per heavy atom. The fourth-order valence-corrected chi connectivity index (χ4v) is 4.16. The lowest BCUT2D eigenvalue weighted by atomic mass is 10.1. The van der Waals surface area contributed by atoms with Crippen LogP contribution in [0.1, 0.15) is 6.42 Å². The van der Waals surface area contributed by atoms with Gasteiger partial charge in [0.05, 0.1) is 12.1 Å². The van der Waals surface area contributed by atoms with Crippen LogP contribution in [-0.4, -0.2) is 62.1 Å². The molecule has 166 valence electrons. The fourth-order valence-electron chi connectivity index (χ4n) is 4.16. The van der Waals surface area contributed by atoms with Gasteiger partial charge in [0.25, 0.3) is 0 Å². The number of nitrogens with zero attached hydrogens (tertiary/aromatic N) is 3. The van der Waals surface area contributed by atoms with Crippen LogP contribution in [0, 0.1) is 0 Å². The molecule has 5 rings (SSSR count). The predicted octanol–water partition coefficient (Wildman–Crippen LogP) is 3.72. The zero-order chi connectivity index (χ0) is 21.8. The number of aromatic nitrogens is 1. The summed E-state index contributed by atoms with van der Waals surface area (Å²) in [7, 11) is 0. The predicted molar refractivity (Wildman–Crippen MR) is 123 cm³/mol. The summed E-state index contributed by atoms with van der Waals surface area (Å²) in [6.45, 7) is 5.41. The Morgan fingerprint density at radius 3 is 2.81 bits per heavy atom. The summed E-state index contributed by atoms with van der Waals surface area (Å²) < 4.78 is 15.9. The van der Waals surface area contributed by atoms with Gasteiger partial charge in [-0.2, -0.15) is 0 Å². The molecular weight excluding hydrogens is 408 g/mol. The number of carbonyl (C=O) groups excluding carboxylic acids is 1. The van der Waals surface area contributed by atoms with E-state index in [9.17, 15) is 4.79 Å². The highest BCUT2D eigenvalue weighted by Crippen LogP contribution is 2.34. The van der Waals surface area contributed by atoms with E-state index in [0.717, 1.165) is 44.7 Å². The maximum atomic E-state index is 12.0. The molecule has 0 saturated carbocycles. The second kappa shape index (κ2) is 9.32. The number of fused-ring (bicyclic) bond motifs is 2. The molecule has 0 radical (unpaired) electrons. The molecule has 32 heavy (non-hydrogen) atoms. The van der Waals surface area contributed by atoms with Gasteiger partial charge in [-0.15, -0.1) is 0 Å². The topological polar surface area (TPSA) is 76.2 Å². The van der Waals surface area contributed by atoms with Crippen molar-refractivity contribution in [3.8, 4) is 11.5 Å². The van der Waals surface area contributed by atoms with Crippen LogP contribution in [0.2, 0.25) is 0 Å². The number of hydrogen-bond acceptors (Lipinski definition) is 7. The number of piperazine rings is 1. The number of ether oxygens (including phenoxy) is 3. The molecule has 1 saturated heterocycles. The van der Waals surface area contributed by atoms with E-state index in [-0.39, 0.29) is 6.79 Å². The minimum absolute atomic E-state index is 0.205. The molecule has 2 aliphatic heterocycles. The van der Waals surface area contributed by atoms with Gasteiger partial charge in [-0.1, -0.05) is 6.07 Å². The number of amides is 1. The highest BCUT2D eigenvalue weighted by atomic mass is 16.7. The van der Waals surface area contributed by atoms with Gasteiger partial charge in [0.15, 0.2) is 11.5 Å². The minimum atomic E-state index is -0.460. The summed E-state index contributed by atoms with van der Waals surface area (Å²) in [6, 6.07) is 15.7. The van der Waals surface area contributed by atoms with Crippen molar-refractivity contribution in [1.82, 2.24) is 9.88 Å². The van der Waals surface area contributed by atoms with Crippen molar-refractivity contribution in [1.29, 1.82) is 0 Å². The monoisotopic (exact) mass is 434 g/mol. The van der Waals surface area contributed by atoms with Crippen molar-refractivity contribution in [3.63, 3.8) is 0 Å². The molecule has 3 heterocycles. The zero-order valence-electron chi connectivity index (χ0n) is 17.8. The third-order valence-electron chi connectivity index (χ3n) is 5.81. The molecule has 0 spiro atoms. The van der Waals surface area contributed by atoms with Gasteiger partial charge in [0.2, 0.25) is 6.79 Å². The van der Waals surface area contributed by atoms with Crippen LogP contribution in [0.3, 0.4) is 0 Å². The zero-order valence-corrected chi connectivity index (χ0v) is 17.8. The van der Waals surface area contributed by atoms with Crippen molar-refractivity contribution >= 4 is 28.4 Å². The van der Waals surface area contributed by atoms with Crippen LogP contribution in [0.25, 0.3) is 10.9 Å². The summed E-state index contributed by atoms with van der Waals surface area (Å²) in [5, 5.41) is 3.93. The van der Waals surface area contributed by atoms with Gasteiger partial charge in [0, 0.05) is 61.7 Å². The number of nitrogens with one attached hydrogen (secondary N) is 1. The molecule has 1 amide bonds. The SMILES string of the molecule is O=C(Nc1ccc2c(c1)OCO2)OCCCN1CCN(c2cccc3ncccc23)CC1. The van der Waals surface area contributed by atoms with Crippen molar-refractivity contribution in [2.45, 2.75) is 6.42 Å². The molecule has 1 fully saturated rings. The van der Waals surface area contributed by atoms with E-state index in [1.54, 1.807) is 18.2 Å². The second-order valence-electron chi connectivity index (χ2n) is 7.86. The summed E-state index contributed by atoms with van der Waals surface area (Å²) >= 11 is 0. The maximum Gasteiger partial charge on any atom is 0.411 e. The smallest absolute Gasteiger partial charge is 0.411 e. The molecule has 8 heteroatoms. The van der Waals surface area contributed by atoms with Gasteiger partial charge in [-0.3, -0.25) is 15.2 Å². The third-order valence-corrected chi connectivity index (χ3v) is 5.81. The molecule has 2 aliphatic rings. The average molecular weight is 434 g/mol. The van der Waals surface area contributed by atoms with Gasteiger partial charge < -0.3 is 19.1 Å². The highest BCUT2D eigenvalue weighted by Gasteiger charge is 2.19. The standard InChI is InChI=1S/C24H26N4O4/c29-24(26-18-7-8-22-23(16-18)32-17-31-22)30-15-3-10-27-11-13-28(14-12-27)21-6-1-5-20-19(21)4-2-9-25-20/h1-2,4-9,16H,3,10-15,17H2,(H,26,29). The van der Waals surface area contributed by atoms with E-state index in [0.29, 0.717) is 23.8 Å². The Kier molecular flexibility index (Phi) is 5.93. The van der Waals surface area contributed by atoms with E-state index in [1.807, 2.05) is 12.3 Å². The lowest BCUT2D eigenvalue weighted by molar-refractivity contribution is 0.151.